The van der Waals surface area contributed by atoms with Crippen molar-refractivity contribution in [3.05, 3.63) is 0 Å². The highest BCUT2D eigenvalue weighted by Gasteiger charge is 2.24. The Morgan fingerprint density at radius 2 is 2.29 bits per heavy atom. The van der Waals surface area contributed by atoms with Crippen LogP contribution in [0.2, 0.25) is 0 Å². The van der Waals surface area contributed by atoms with Crippen molar-refractivity contribution in [3.63, 3.8) is 0 Å². The second-order valence-electron chi connectivity index (χ2n) is 4.04. The molecule has 1 amide bonds. The van der Waals surface area contributed by atoms with Crippen molar-refractivity contribution in [2.24, 2.45) is 5.73 Å². The first-order valence-corrected chi connectivity index (χ1v) is 5.79. The van der Waals surface area contributed by atoms with Gasteiger partial charge in [0.1, 0.15) is 0 Å². The SMILES string of the molecule is CCC1CCCCN1C(=O)CCCN. The number of nitrogens with zero attached hydrogens (tertiary/aromatic N) is 1. The number of piperidine rings is 1. The van der Waals surface area contributed by atoms with Gasteiger partial charge in [-0.3, -0.25) is 4.79 Å². The van der Waals surface area contributed by atoms with E-state index in [1.165, 1.54) is 19.3 Å². The highest BCUT2D eigenvalue weighted by Crippen LogP contribution is 2.20. The van der Waals surface area contributed by atoms with Crippen molar-refractivity contribution in [2.75, 3.05) is 13.1 Å². The summed E-state index contributed by atoms with van der Waals surface area (Å²) in [6, 6.07) is 0.494. The van der Waals surface area contributed by atoms with Crippen LogP contribution in [0.5, 0.6) is 0 Å². The van der Waals surface area contributed by atoms with Crippen LogP contribution in [0.25, 0.3) is 0 Å². The van der Waals surface area contributed by atoms with Crippen molar-refractivity contribution in [1.29, 1.82) is 0 Å². The Hall–Kier alpha value is -0.570. The van der Waals surface area contributed by atoms with Crippen molar-refractivity contribution < 1.29 is 4.79 Å². The Bertz CT molecular complexity index is 182. The fourth-order valence-corrected chi connectivity index (χ4v) is 2.15. The fraction of sp³-hybridized carbons (Fsp3) is 0.909. The Balaban J connectivity index is 2.41. The van der Waals surface area contributed by atoms with Crippen LogP contribution in [0.1, 0.15) is 45.4 Å². The van der Waals surface area contributed by atoms with E-state index in [4.69, 9.17) is 5.73 Å². The molecule has 14 heavy (non-hydrogen) atoms. The molecule has 0 aromatic carbocycles. The zero-order valence-electron chi connectivity index (χ0n) is 9.17. The van der Waals surface area contributed by atoms with Gasteiger partial charge in [-0.25, -0.2) is 0 Å². The smallest absolute Gasteiger partial charge is 0.222 e. The van der Waals surface area contributed by atoms with E-state index < -0.39 is 0 Å². The monoisotopic (exact) mass is 198 g/mol. The highest BCUT2D eigenvalue weighted by atomic mass is 16.2. The minimum atomic E-state index is 0.307. The van der Waals surface area contributed by atoms with Gasteiger partial charge in [-0.15, -0.1) is 0 Å². The first-order valence-electron chi connectivity index (χ1n) is 5.79. The topological polar surface area (TPSA) is 46.3 Å². The van der Waals surface area contributed by atoms with Gasteiger partial charge in [0.15, 0.2) is 0 Å². The number of likely N-dealkylation sites (tertiary alicyclic amines) is 1. The summed E-state index contributed by atoms with van der Waals surface area (Å²) in [7, 11) is 0. The zero-order valence-corrected chi connectivity index (χ0v) is 9.17. The lowest BCUT2D eigenvalue weighted by Crippen LogP contribution is -2.43. The van der Waals surface area contributed by atoms with Gasteiger partial charge in [0.05, 0.1) is 0 Å². The van der Waals surface area contributed by atoms with Gasteiger partial charge >= 0.3 is 0 Å². The Labute approximate surface area is 86.6 Å². The molecule has 0 saturated carbocycles. The van der Waals surface area contributed by atoms with E-state index in [1.807, 2.05) is 0 Å². The quantitative estimate of drug-likeness (QED) is 0.744. The molecular weight excluding hydrogens is 176 g/mol. The van der Waals surface area contributed by atoms with Crippen molar-refractivity contribution in [3.8, 4) is 0 Å². The highest BCUT2D eigenvalue weighted by molar-refractivity contribution is 5.76. The van der Waals surface area contributed by atoms with Gasteiger partial charge in [0.25, 0.3) is 0 Å². The number of hydrogen-bond donors (Lipinski definition) is 1. The molecule has 1 heterocycles. The van der Waals surface area contributed by atoms with Crippen LogP contribution < -0.4 is 5.73 Å². The Morgan fingerprint density at radius 3 is 2.93 bits per heavy atom. The molecule has 82 valence electrons. The number of carbonyl (C=O) groups is 1. The maximum atomic E-state index is 11.8. The summed E-state index contributed by atoms with van der Waals surface area (Å²) < 4.78 is 0. The molecule has 1 aliphatic rings. The van der Waals surface area contributed by atoms with Gasteiger partial charge in [0, 0.05) is 19.0 Å². The van der Waals surface area contributed by atoms with Crippen molar-refractivity contribution >= 4 is 5.91 Å². The number of nitrogens with two attached hydrogens (primary N) is 1. The van der Waals surface area contributed by atoms with Crippen LogP contribution in [0.4, 0.5) is 0 Å². The lowest BCUT2D eigenvalue weighted by atomic mass is 9.99. The molecule has 3 heteroatoms. The molecule has 1 rings (SSSR count). The average Bonchev–Trinajstić information content (AvgIpc) is 2.25. The molecular formula is C11H22N2O. The van der Waals surface area contributed by atoms with E-state index in [9.17, 15) is 4.79 Å². The van der Waals surface area contributed by atoms with Crippen LogP contribution in [0.3, 0.4) is 0 Å². The summed E-state index contributed by atoms with van der Waals surface area (Å²) in [5, 5.41) is 0. The summed E-state index contributed by atoms with van der Waals surface area (Å²) in [5.41, 5.74) is 5.40. The van der Waals surface area contributed by atoms with Gasteiger partial charge in [-0.1, -0.05) is 6.92 Å². The number of rotatable bonds is 4. The van der Waals surface area contributed by atoms with E-state index >= 15 is 0 Å². The van der Waals surface area contributed by atoms with Crippen LogP contribution in [0, 0.1) is 0 Å². The van der Waals surface area contributed by atoms with Crippen molar-refractivity contribution in [1.82, 2.24) is 4.90 Å². The van der Waals surface area contributed by atoms with Crippen LogP contribution >= 0.6 is 0 Å². The van der Waals surface area contributed by atoms with Gasteiger partial charge in [-0.2, -0.15) is 0 Å². The second-order valence-corrected chi connectivity index (χ2v) is 4.04. The molecule has 3 nitrogen and oxygen atoms in total. The largest absolute Gasteiger partial charge is 0.340 e. The molecule has 2 N–H and O–H groups in total. The third kappa shape index (κ3) is 2.98. The molecule has 1 unspecified atom stereocenters. The predicted octanol–water partition coefficient (Wildman–Crippen LogP) is 1.52. The molecule has 0 spiro atoms. The molecule has 1 atom stereocenters. The van der Waals surface area contributed by atoms with Gasteiger partial charge in [-0.05, 0) is 38.6 Å². The second kappa shape index (κ2) is 6.02. The molecule has 0 aromatic rings. The van der Waals surface area contributed by atoms with Gasteiger partial charge < -0.3 is 10.6 Å². The number of amides is 1. The Kier molecular flexibility index (Phi) is 4.94. The van der Waals surface area contributed by atoms with E-state index in [2.05, 4.69) is 11.8 Å². The normalized spacial score (nSPS) is 22.4. The summed E-state index contributed by atoms with van der Waals surface area (Å²) in [6.45, 7) is 3.75. The van der Waals surface area contributed by atoms with Crippen LogP contribution in [0.15, 0.2) is 0 Å². The van der Waals surface area contributed by atoms with E-state index in [1.54, 1.807) is 0 Å². The summed E-state index contributed by atoms with van der Waals surface area (Å²) in [5.74, 6) is 0.307. The van der Waals surface area contributed by atoms with Crippen molar-refractivity contribution in [2.45, 2.75) is 51.5 Å². The maximum absolute atomic E-state index is 11.8. The number of carbonyl (C=O) groups excluding carboxylic acids is 1. The number of hydrogen-bond acceptors (Lipinski definition) is 2. The molecule has 0 aliphatic carbocycles. The average molecular weight is 198 g/mol. The lowest BCUT2D eigenvalue weighted by molar-refractivity contribution is -0.135. The molecule has 0 radical (unpaired) electrons. The molecule has 0 aromatic heterocycles. The molecule has 1 fully saturated rings. The molecule has 1 saturated heterocycles. The standard InChI is InChI=1S/C11H22N2O/c1-2-10-6-3-4-9-13(10)11(14)7-5-8-12/h10H,2-9,12H2,1H3. The maximum Gasteiger partial charge on any atom is 0.222 e. The fourth-order valence-electron chi connectivity index (χ4n) is 2.15. The molecule has 1 aliphatic heterocycles. The van der Waals surface area contributed by atoms with Crippen LogP contribution in [-0.2, 0) is 4.79 Å². The van der Waals surface area contributed by atoms with Gasteiger partial charge in [0.2, 0.25) is 5.91 Å². The minimum absolute atomic E-state index is 0.307. The first kappa shape index (κ1) is 11.5. The van der Waals surface area contributed by atoms with E-state index in [0.29, 0.717) is 24.9 Å². The third-order valence-electron chi connectivity index (χ3n) is 3.01. The van der Waals surface area contributed by atoms with Crippen LogP contribution in [-0.4, -0.2) is 29.9 Å². The Morgan fingerprint density at radius 1 is 1.50 bits per heavy atom. The van der Waals surface area contributed by atoms with E-state index in [-0.39, 0.29) is 0 Å². The predicted molar refractivity (Wildman–Crippen MR) is 57.9 cm³/mol. The lowest BCUT2D eigenvalue weighted by Gasteiger charge is -2.35. The third-order valence-corrected chi connectivity index (χ3v) is 3.01. The minimum Gasteiger partial charge on any atom is -0.340 e. The zero-order chi connectivity index (χ0) is 10.4. The first-order chi connectivity index (χ1) is 6.79. The summed E-state index contributed by atoms with van der Waals surface area (Å²) in [6.07, 6.45) is 6.18. The molecule has 0 bridgehead atoms. The van der Waals surface area contributed by atoms with E-state index in [0.717, 1.165) is 19.4 Å². The summed E-state index contributed by atoms with van der Waals surface area (Å²) >= 11 is 0. The summed E-state index contributed by atoms with van der Waals surface area (Å²) in [4.78, 5) is 13.9.